The number of nitrogens with one attached hydrogen (secondary N) is 1. The van der Waals surface area contributed by atoms with E-state index in [0.29, 0.717) is 11.3 Å². The van der Waals surface area contributed by atoms with Crippen molar-refractivity contribution < 1.29 is 4.79 Å². The molecular formula is C7H9N5O. The number of fused-ring (bicyclic) bond motifs is 1. The van der Waals surface area contributed by atoms with Gasteiger partial charge in [-0.05, 0) is 6.92 Å². The van der Waals surface area contributed by atoms with E-state index in [1.165, 1.54) is 11.4 Å². The Morgan fingerprint density at radius 1 is 1.54 bits per heavy atom. The minimum Gasteiger partial charge on any atom is -0.394 e. The number of aromatic nitrogens is 4. The molecule has 2 aromatic rings. The van der Waals surface area contributed by atoms with Gasteiger partial charge < -0.3 is 5.73 Å². The number of hydrogen-bond donors (Lipinski definition) is 2. The highest BCUT2D eigenvalue weighted by Gasteiger charge is 2.14. The van der Waals surface area contributed by atoms with Crippen molar-refractivity contribution in [3.63, 3.8) is 0 Å². The van der Waals surface area contributed by atoms with Crippen molar-refractivity contribution in [3.05, 3.63) is 11.5 Å². The fraction of sp³-hybridized carbons (Fsp3) is 0.286. The predicted molar refractivity (Wildman–Crippen MR) is 46.5 cm³/mol. The Bertz CT molecular complexity index is 480. The van der Waals surface area contributed by atoms with Crippen LogP contribution in [0.1, 0.15) is 23.2 Å². The van der Waals surface area contributed by atoms with Gasteiger partial charge in [0.15, 0.2) is 5.78 Å². The maximum Gasteiger partial charge on any atom is 0.219 e. The SMILES string of the molecule is CC(=O)c1nnc2c(N)c(C)[nH]n12. The highest BCUT2D eigenvalue weighted by Crippen LogP contribution is 2.15. The lowest BCUT2D eigenvalue weighted by Gasteiger charge is -1.88. The third-order valence-electron chi connectivity index (χ3n) is 1.90. The second-order valence-electron chi connectivity index (χ2n) is 2.89. The standard InChI is InChI=1S/C7H9N5O/c1-3-5(8)7-10-9-6(4(2)13)12(7)11-3/h11H,8H2,1-2H3. The summed E-state index contributed by atoms with van der Waals surface area (Å²) in [5, 5.41) is 10.4. The van der Waals surface area contributed by atoms with Gasteiger partial charge in [0.05, 0.1) is 11.4 Å². The summed E-state index contributed by atoms with van der Waals surface area (Å²) in [5.74, 6) is 0.128. The molecule has 2 heterocycles. The quantitative estimate of drug-likeness (QED) is 0.610. The molecule has 0 spiro atoms. The summed E-state index contributed by atoms with van der Waals surface area (Å²) in [5.41, 5.74) is 7.50. The number of Topliss-reactive ketones (excluding diaryl/α,β-unsaturated/α-hetero) is 1. The van der Waals surface area contributed by atoms with E-state index in [-0.39, 0.29) is 11.6 Å². The van der Waals surface area contributed by atoms with Crippen LogP contribution in [0.3, 0.4) is 0 Å². The third-order valence-corrected chi connectivity index (χ3v) is 1.90. The first kappa shape index (κ1) is 7.78. The van der Waals surface area contributed by atoms with E-state index in [4.69, 9.17) is 5.73 Å². The molecule has 0 saturated heterocycles. The average Bonchev–Trinajstić information content (AvgIpc) is 2.55. The predicted octanol–water partition coefficient (Wildman–Crippen LogP) is 0.151. The second-order valence-corrected chi connectivity index (χ2v) is 2.89. The highest BCUT2D eigenvalue weighted by atomic mass is 16.1. The zero-order valence-corrected chi connectivity index (χ0v) is 7.33. The van der Waals surface area contributed by atoms with Crippen LogP contribution < -0.4 is 5.73 Å². The second kappa shape index (κ2) is 2.32. The number of nitrogens with two attached hydrogens (primary N) is 1. The molecule has 0 bridgehead atoms. The van der Waals surface area contributed by atoms with E-state index in [1.54, 1.807) is 0 Å². The van der Waals surface area contributed by atoms with Crippen molar-refractivity contribution in [1.29, 1.82) is 0 Å². The molecule has 0 radical (unpaired) electrons. The zero-order chi connectivity index (χ0) is 9.59. The van der Waals surface area contributed by atoms with Crippen LogP contribution in [-0.2, 0) is 0 Å². The minimum absolute atomic E-state index is 0.145. The number of nitrogen functional groups attached to an aromatic ring is 1. The molecule has 0 aliphatic rings. The Balaban J connectivity index is 2.82. The van der Waals surface area contributed by atoms with Crippen molar-refractivity contribution in [1.82, 2.24) is 19.8 Å². The normalized spacial score (nSPS) is 10.9. The molecule has 13 heavy (non-hydrogen) atoms. The van der Waals surface area contributed by atoms with Gasteiger partial charge in [-0.25, -0.2) is 4.52 Å². The lowest BCUT2D eigenvalue weighted by atomic mass is 10.4. The number of rotatable bonds is 1. The van der Waals surface area contributed by atoms with E-state index < -0.39 is 0 Å². The number of aryl methyl sites for hydroxylation is 1. The molecular weight excluding hydrogens is 170 g/mol. The van der Waals surface area contributed by atoms with E-state index >= 15 is 0 Å². The van der Waals surface area contributed by atoms with Crippen molar-refractivity contribution in [2.75, 3.05) is 5.73 Å². The van der Waals surface area contributed by atoms with Crippen LogP contribution in [0.25, 0.3) is 5.65 Å². The van der Waals surface area contributed by atoms with Crippen molar-refractivity contribution >= 4 is 17.1 Å². The molecule has 0 atom stereocenters. The first-order valence-electron chi connectivity index (χ1n) is 3.81. The molecule has 0 fully saturated rings. The average molecular weight is 179 g/mol. The van der Waals surface area contributed by atoms with Gasteiger partial charge in [-0.15, -0.1) is 10.2 Å². The van der Waals surface area contributed by atoms with E-state index in [0.717, 1.165) is 5.69 Å². The van der Waals surface area contributed by atoms with Crippen molar-refractivity contribution in [2.24, 2.45) is 0 Å². The van der Waals surface area contributed by atoms with Crippen LogP contribution >= 0.6 is 0 Å². The Kier molecular flexibility index (Phi) is 1.39. The molecule has 0 saturated carbocycles. The largest absolute Gasteiger partial charge is 0.394 e. The first-order valence-corrected chi connectivity index (χ1v) is 3.81. The number of H-pyrrole nitrogens is 1. The zero-order valence-electron chi connectivity index (χ0n) is 7.33. The molecule has 0 aliphatic heterocycles. The Morgan fingerprint density at radius 2 is 2.23 bits per heavy atom. The number of nitrogens with zero attached hydrogens (tertiary/aromatic N) is 3. The highest BCUT2D eigenvalue weighted by molar-refractivity contribution is 5.91. The van der Waals surface area contributed by atoms with Gasteiger partial charge >= 0.3 is 0 Å². The molecule has 6 nitrogen and oxygen atoms in total. The summed E-state index contributed by atoms with van der Waals surface area (Å²) in [7, 11) is 0. The molecule has 2 rings (SSSR count). The lowest BCUT2D eigenvalue weighted by Crippen LogP contribution is -2.01. The van der Waals surface area contributed by atoms with Crippen LogP contribution in [0.15, 0.2) is 0 Å². The number of anilines is 1. The number of aromatic amines is 1. The summed E-state index contributed by atoms with van der Waals surface area (Å²) in [6, 6.07) is 0. The summed E-state index contributed by atoms with van der Waals surface area (Å²) in [6.45, 7) is 3.25. The molecule has 0 amide bonds. The molecule has 2 aromatic heterocycles. The number of carbonyl (C=O) groups excluding carboxylic acids is 1. The van der Waals surface area contributed by atoms with Gasteiger partial charge in [0.1, 0.15) is 0 Å². The number of hydrogen-bond acceptors (Lipinski definition) is 4. The molecule has 68 valence electrons. The van der Waals surface area contributed by atoms with Gasteiger partial charge in [0, 0.05) is 6.92 Å². The maximum absolute atomic E-state index is 11.1. The topological polar surface area (TPSA) is 89.1 Å². The van der Waals surface area contributed by atoms with Crippen molar-refractivity contribution in [2.45, 2.75) is 13.8 Å². The Morgan fingerprint density at radius 3 is 2.85 bits per heavy atom. The van der Waals surface area contributed by atoms with Crippen LogP contribution in [-0.4, -0.2) is 25.6 Å². The Hall–Kier alpha value is -1.85. The lowest BCUT2D eigenvalue weighted by molar-refractivity contribution is 0.100. The summed E-state index contributed by atoms with van der Waals surface area (Å²) < 4.78 is 1.49. The van der Waals surface area contributed by atoms with Crippen LogP contribution in [0.4, 0.5) is 5.69 Å². The molecule has 0 unspecified atom stereocenters. The Labute approximate surface area is 73.7 Å². The van der Waals surface area contributed by atoms with E-state index in [2.05, 4.69) is 15.3 Å². The smallest absolute Gasteiger partial charge is 0.219 e. The number of ketones is 1. The van der Waals surface area contributed by atoms with Gasteiger partial charge in [-0.2, -0.15) is 0 Å². The van der Waals surface area contributed by atoms with Crippen LogP contribution in [0, 0.1) is 6.92 Å². The van der Waals surface area contributed by atoms with Crippen molar-refractivity contribution in [3.8, 4) is 0 Å². The summed E-state index contributed by atoms with van der Waals surface area (Å²) >= 11 is 0. The minimum atomic E-state index is -0.145. The molecule has 3 N–H and O–H groups in total. The van der Waals surface area contributed by atoms with Gasteiger partial charge in [-0.3, -0.25) is 9.89 Å². The number of carbonyl (C=O) groups is 1. The summed E-state index contributed by atoms with van der Waals surface area (Å²) in [6.07, 6.45) is 0. The fourth-order valence-electron chi connectivity index (χ4n) is 1.19. The van der Waals surface area contributed by atoms with E-state index in [1.807, 2.05) is 6.92 Å². The van der Waals surface area contributed by atoms with Crippen LogP contribution in [0.2, 0.25) is 0 Å². The first-order chi connectivity index (χ1) is 6.11. The molecule has 6 heteroatoms. The fourth-order valence-corrected chi connectivity index (χ4v) is 1.19. The van der Waals surface area contributed by atoms with Gasteiger partial charge in [0.2, 0.25) is 11.5 Å². The third kappa shape index (κ3) is 0.915. The van der Waals surface area contributed by atoms with Gasteiger partial charge in [0.25, 0.3) is 0 Å². The molecule has 0 aromatic carbocycles. The maximum atomic E-state index is 11.1. The van der Waals surface area contributed by atoms with E-state index in [9.17, 15) is 4.79 Å². The molecule has 0 aliphatic carbocycles. The monoisotopic (exact) mass is 179 g/mol. The summed E-state index contributed by atoms with van der Waals surface area (Å²) in [4.78, 5) is 11.1. The van der Waals surface area contributed by atoms with Crippen LogP contribution in [0.5, 0.6) is 0 Å². The van der Waals surface area contributed by atoms with Gasteiger partial charge in [-0.1, -0.05) is 0 Å².